The molecule has 2 rings (SSSR count). The molecule has 0 fully saturated rings. The van der Waals surface area contributed by atoms with Gasteiger partial charge in [-0.1, -0.05) is 25.1 Å². The zero-order valence-corrected chi connectivity index (χ0v) is 10.7. The molecule has 0 aliphatic heterocycles. The smallest absolute Gasteiger partial charge is 0.128 e. The van der Waals surface area contributed by atoms with Crippen molar-refractivity contribution in [3.05, 3.63) is 59.7 Å². The van der Waals surface area contributed by atoms with E-state index in [0.29, 0.717) is 5.56 Å². The number of hydrogen-bond donors (Lipinski definition) is 1. The molecule has 1 heterocycles. The molecule has 1 N–H and O–H groups in total. The lowest BCUT2D eigenvalue weighted by atomic mass is 10.0. The minimum atomic E-state index is -0.170. The van der Waals surface area contributed by atoms with Gasteiger partial charge in [0.2, 0.25) is 0 Å². The Hall–Kier alpha value is -1.90. The maximum atomic E-state index is 13.7. The average Bonchev–Trinajstić information content (AvgIpc) is 2.39. The number of anilines is 1. The van der Waals surface area contributed by atoms with Crippen molar-refractivity contribution in [2.75, 3.05) is 5.32 Å². The molecule has 0 saturated carbocycles. The number of halogens is 1. The normalized spacial score (nSPS) is 12.2. The second-order valence-corrected chi connectivity index (χ2v) is 4.31. The number of benzene rings is 1. The first-order valence-electron chi connectivity index (χ1n) is 6.14. The highest BCUT2D eigenvalue weighted by Crippen LogP contribution is 2.24. The highest BCUT2D eigenvalue weighted by Gasteiger charge is 2.13. The minimum absolute atomic E-state index is 0.0318. The fourth-order valence-electron chi connectivity index (χ4n) is 1.91. The summed E-state index contributed by atoms with van der Waals surface area (Å²) < 4.78 is 13.7. The summed E-state index contributed by atoms with van der Waals surface area (Å²) in [6, 6.07) is 10.7. The van der Waals surface area contributed by atoms with Crippen molar-refractivity contribution in [3.8, 4) is 0 Å². The third-order valence-corrected chi connectivity index (χ3v) is 2.94. The fraction of sp³-hybridized carbons (Fsp3) is 0.267. The molecule has 94 valence electrons. The summed E-state index contributed by atoms with van der Waals surface area (Å²) in [4.78, 5) is 4.23. The molecule has 1 aromatic heterocycles. The molecule has 0 saturated heterocycles. The van der Waals surface area contributed by atoms with E-state index in [-0.39, 0.29) is 11.9 Å². The Kier molecular flexibility index (Phi) is 3.92. The van der Waals surface area contributed by atoms with E-state index in [4.69, 9.17) is 0 Å². The summed E-state index contributed by atoms with van der Waals surface area (Å²) in [6.07, 6.45) is 2.59. The quantitative estimate of drug-likeness (QED) is 0.876. The van der Waals surface area contributed by atoms with Crippen molar-refractivity contribution in [2.24, 2.45) is 0 Å². The minimum Gasteiger partial charge on any atom is -0.377 e. The van der Waals surface area contributed by atoms with E-state index in [2.05, 4.69) is 10.3 Å². The molecule has 2 nitrogen and oxygen atoms in total. The Morgan fingerprint density at radius 3 is 2.61 bits per heavy atom. The van der Waals surface area contributed by atoms with Crippen molar-refractivity contribution in [2.45, 2.75) is 26.3 Å². The Balaban J connectivity index is 2.20. The largest absolute Gasteiger partial charge is 0.377 e. The van der Waals surface area contributed by atoms with Crippen LogP contribution in [-0.4, -0.2) is 4.98 Å². The Morgan fingerprint density at radius 1 is 1.22 bits per heavy atom. The van der Waals surface area contributed by atoms with Crippen LogP contribution in [0.2, 0.25) is 0 Å². The molecule has 0 radical (unpaired) electrons. The SMILES string of the molecule is CCC(Nc1ccc(C)nc1)c1ccccc1F. The predicted octanol–water partition coefficient (Wildman–Crippen LogP) is 4.09. The number of aryl methyl sites for hydroxylation is 1. The van der Waals surface area contributed by atoms with Gasteiger partial charge in [0.1, 0.15) is 5.82 Å². The van der Waals surface area contributed by atoms with Crippen LogP contribution >= 0.6 is 0 Å². The molecule has 3 heteroatoms. The Morgan fingerprint density at radius 2 is 2.00 bits per heavy atom. The molecule has 18 heavy (non-hydrogen) atoms. The van der Waals surface area contributed by atoms with Crippen LogP contribution in [0.1, 0.15) is 30.6 Å². The average molecular weight is 244 g/mol. The van der Waals surface area contributed by atoms with Gasteiger partial charge < -0.3 is 5.32 Å². The van der Waals surface area contributed by atoms with Crippen LogP contribution < -0.4 is 5.32 Å². The van der Waals surface area contributed by atoms with E-state index in [9.17, 15) is 4.39 Å². The lowest BCUT2D eigenvalue weighted by Gasteiger charge is -2.19. The van der Waals surface area contributed by atoms with Gasteiger partial charge >= 0.3 is 0 Å². The third-order valence-electron chi connectivity index (χ3n) is 2.94. The summed E-state index contributed by atoms with van der Waals surface area (Å²) in [5.41, 5.74) is 2.58. The summed E-state index contributed by atoms with van der Waals surface area (Å²) in [6.45, 7) is 3.98. The van der Waals surface area contributed by atoms with E-state index >= 15 is 0 Å². The maximum Gasteiger partial charge on any atom is 0.128 e. The highest BCUT2D eigenvalue weighted by molar-refractivity contribution is 5.44. The molecule has 2 aromatic rings. The Labute approximate surface area is 107 Å². The first kappa shape index (κ1) is 12.6. The van der Waals surface area contributed by atoms with Crippen molar-refractivity contribution < 1.29 is 4.39 Å². The first-order chi connectivity index (χ1) is 8.70. The molecule has 0 spiro atoms. The number of nitrogens with one attached hydrogen (secondary N) is 1. The van der Waals surface area contributed by atoms with Crippen LogP contribution in [0, 0.1) is 12.7 Å². The summed E-state index contributed by atoms with van der Waals surface area (Å²) in [7, 11) is 0. The number of nitrogens with zero attached hydrogens (tertiary/aromatic N) is 1. The van der Waals surface area contributed by atoms with Gasteiger partial charge in [0.15, 0.2) is 0 Å². The molecule has 0 aliphatic rings. The summed E-state index contributed by atoms with van der Waals surface area (Å²) in [5, 5.41) is 3.31. The summed E-state index contributed by atoms with van der Waals surface area (Å²) in [5.74, 6) is -0.170. The van der Waals surface area contributed by atoms with Crippen molar-refractivity contribution in [1.29, 1.82) is 0 Å². The van der Waals surface area contributed by atoms with Gasteiger partial charge in [0, 0.05) is 11.3 Å². The second-order valence-electron chi connectivity index (χ2n) is 4.31. The highest BCUT2D eigenvalue weighted by atomic mass is 19.1. The number of pyridine rings is 1. The standard InChI is InChI=1S/C15H17FN2/c1-3-15(13-6-4-5-7-14(13)16)18-12-9-8-11(2)17-10-12/h4-10,15,18H,3H2,1-2H3. The van der Waals surface area contributed by atoms with E-state index in [0.717, 1.165) is 17.8 Å². The molecule has 0 aliphatic carbocycles. The van der Waals surface area contributed by atoms with Gasteiger partial charge in [-0.3, -0.25) is 4.98 Å². The van der Waals surface area contributed by atoms with Gasteiger partial charge in [0.05, 0.1) is 17.9 Å². The van der Waals surface area contributed by atoms with Crippen LogP contribution in [0.15, 0.2) is 42.6 Å². The molecular formula is C15H17FN2. The van der Waals surface area contributed by atoms with Crippen LogP contribution in [0.5, 0.6) is 0 Å². The molecular weight excluding hydrogens is 227 g/mol. The molecule has 1 aromatic carbocycles. The topological polar surface area (TPSA) is 24.9 Å². The first-order valence-corrected chi connectivity index (χ1v) is 6.14. The monoisotopic (exact) mass is 244 g/mol. The number of hydrogen-bond acceptors (Lipinski definition) is 2. The van der Waals surface area contributed by atoms with Gasteiger partial charge in [-0.05, 0) is 31.5 Å². The van der Waals surface area contributed by atoms with Gasteiger partial charge in [-0.25, -0.2) is 4.39 Å². The van der Waals surface area contributed by atoms with E-state index in [1.165, 1.54) is 6.07 Å². The van der Waals surface area contributed by atoms with E-state index < -0.39 is 0 Å². The van der Waals surface area contributed by atoms with Crippen molar-refractivity contribution >= 4 is 5.69 Å². The predicted molar refractivity (Wildman–Crippen MR) is 72.0 cm³/mol. The van der Waals surface area contributed by atoms with Crippen molar-refractivity contribution in [3.63, 3.8) is 0 Å². The molecule has 0 bridgehead atoms. The van der Waals surface area contributed by atoms with Gasteiger partial charge in [-0.15, -0.1) is 0 Å². The van der Waals surface area contributed by atoms with Crippen LogP contribution in [0.25, 0.3) is 0 Å². The zero-order valence-electron chi connectivity index (χ0n) is 10.7. The maximum absolute atomic E-state index is 13.7. The molecule has 0 amide bonds. The van der Waals surface area contributed by atoms with Gasteiger partial charge in [0.25, 0.3) is 0 Å². The number of rotatable bonds is 4. The molecule has 1 atom stereocenters. The molecule has 1 unspecified atom stereocenters. The number of aromatic nitrogens is 1. The third kappa shape index (κ3) is 2.86. The van der Waals surface area contributed by atoms with Gasteiger partial charge in [-0.2, -0.15) is 0 Å². The zero-order chi connectivity index (χ0) is 13.0. The lowest BCUT2D eigenvalue weighted by molar-refractivity contribution is 0.587. The van der Waals surface area contributed by atoms with E-state index in [1.54, 1.807) is 12.3 Å². The van der Waals surface area contributed by atoms with Crippen molar-refractivity contribution in [1.82, 2.24) is 4.98 Å². The lowest BCUT2D eigenvalue weighted by Crippen LogP contribution is -2.11. The second kappa shape index (κ2) is 5.63. The van der Waals surface area contributed by atoms with Crippen LogP contribution in [-0.2, 0) is 0 Å². The van der Waals surface area contributed by atoms with Crippen LogP contribution in [0.4, 0.5) is 10.1 Å². The van der Waals surface area contributed by atoms with Crippen LogP contribution in [0.3, 0.4) is 0 Å². The van der Waals surface area contributed by atoms with E-state index in [1.807, 2.05) is 38.1 Å². The summed E-state index contributed by atoms with van der Waals surface area (Å²) >= 11 is 0. The fourth-order valence-corrected chi connectivity index (χ4v) is 1.91. The Bertz CT molecular complexity index is 508.